The van der Waals surface area contributed by atoms with Crippen molar-refractivity contribution in [3.63, 3.8) is 0 Å². The van der Waals surface area contributed by atoms with E-state index in [1.165, 1.54) is 17.7 Å². The number of para-hydroxylation sites is 1. The van der Waals surface area contributed by atoms with Crippen LogP contribution in [0.4, 0.5) is 0 Å². The molecule has 2 N–H and O–H groups in total. The summed E-state index contributed by atoms with van der Waals surface area (Å²) < 4.78 is 23.2. The quantitative estimate of drug-likeness (QED) is 0.875. The number of hydrogen-bond donors (Lipinski definition) is 2. The minimum absolute atomic E-state index is 0.0491. The maximum atomic E-state index is 12.7. The van der Waals surface area contributed by atoms with Gasteiger partial charge in [-0.25, -0.2) is 8.42 Å². The molecule has 24 heavy (non-hydrogen) atoms. The average molecular weight is 346 g/mol. The molecule has 1 aliphatic heterocycles. The minimum Gasteiger partial charge on any atom is -0.358 e. The van der Waals surface area contributed by atoms with Crippen molar-refractivity contribution in [1.82, 2.24) is 10.3 Å². The number of carbonyl (C=O) groups excluding carboxylic acids is 1. The number of aryl methyl sites for hydroxylation is 1. The Morgan fingerprint density at radius 3 is 2.88 bits per heavy atom. The van der Waals surface area contributed by atoms with Crippen LogP contribution in [0.25, 0.3) is 10.9 Å². The standard InChI is InChI=1S/C18H22N2O3S/c1-11-5-6-16-15(9-11)13-3-2-4-14(17(13)20-16)18(21)19-12-7-8-24(22,23)10-12/h2-4,11-12,20H,5-10H2,1H3,(H,19,21)/t11-,12-/m0/s1. The Morgan fingerprint density at radius 1 is 1.29 bits per heavy atom. The van der Waals surface area contributed by atoms with Crippen LogP contribution in [0.5, 0.6) is 0 Å². The third kappa shape index (κ3) is 2.73. The van der Waals surface area contributed by atoms with Crippen LogP contribution in [0, 0.1) is 5.92 Å². The molecule has 4 rings (SSSR count). The van der Waals surface area contributed by atoms with E-state index < -0.39 is 9.84 Å². The predicted octanol–water partition coefficient (Wildman–Crippen LogP) is 2.21. The number of hydrogen-bond acceptors (Lipinski definition) is 3. The lowest BCUT2D eigenvalue weighted by molar-refractivity contribution is 0.0942. The van der Waals surface area contributed by atoms with Crippen LogP contribution < -0.4 is 5.32 Å². The van der Waals surface area contributed by atoms with E-state index in [9.17, 15) is 13.2 Å². The molecule has 0 radical (unpaired) electrons. The van der Waals surface area contributed by atoms with Crippen molar-refractivity contribution in [2.75, 3.05) is 11.5 Å². The molecule has 2 heterocycles. The summed E-state index contributed by atoms with van der Waals surface area (Å²) in [7, 11) is -3.00. The summed E-state index contributed by atoms with van der Waals surface area (Å²) in [5.74, 6) is 0.691. The largest absolute Gasteiger partial charge is 0.358 e. The van der Waals surface area contributed by atoms with Gasteiger partial charge in [0.05, 0.1) is 22.6 Å². The summed E-state index contributed by atoms with van der Waals surface area (Å²) in [6.45, 7) is 2.26. The maximum Gasteiger partial charge on any atom is 0.253 e. The topological polar surface area (TPSA) is 79.0 Å². The van der Waals surface area contributed by atoms with Gasteiger partial charge in [-0.2, -0.15) is 0 Å². The van der Waals surface area contributed by atoms with Gasteiger partial charge in [0.15, 0.2) is 9.84 Å². The molecule has 1 saturated heterocycles. The number of amides is 1. The second-order valence-electron chi connectivity index (χ2n) is 7.23. The Kier molecular flexibility index (Phi) is 3.67. The van der Waals surface area contributed by atoms with Crippen molar-refractivity contribution >= 4 is 26.6 Å². The molecular weight excluding hydrogens is 324 g/mol. The number of benzene rings is 1. The van der Waals surface area contributed by atoms with E-state index in [4.69, 9.17) is 0 Å². The van der Waals surface area contributed by atoms with Crippen LogP contribution in [-0.4, -0.2) is 36.9 Å². The number of rotatable bonds is 2. The molecule has 1 aromatic heterocycles. The number of H-pyrrole nitrogens is 1. The molecule has 1 amide bonds. The highest BCUT2D eigenvalue weighted by atomic mass is 32.2. The molecule has 2 atom stereocenters. The predicted molar refractivity (Wildman–Crippen MR) is 94.0 cm³/mol. The number of aromatic nitrogens is 1. The molecule has 128 valence electrons. The van der Waals surface area contributed by atoms with Crippen molar-refractivity contribution in [3.8, 4) is 0 Å². The van der Waals surface area contributed by atoms with Crippen LogP contribution in [-0.2, 0) is 22.7 Å². The zero-order valence-corrected chi connectivity index (χ0v) is 14.6. The molecule has 6 heteroatoms. The molecule has 0 unspecified atom stereocenters. The maximum absolute atomic E-state index is 12.7. The smallest absolute Gasteiger partial charge is 0.253 e. The second kappa shape index (κ2) is 5.62. The Balaban J connectivity index is 1.66. The van der Waals surface area contributed by atoms with Gasteiger partial charge in [-0.1, -0.05) is 19.1 Å². The van der Waals surface area contributed by atoms with Crippen LogP contribution in [0.1, 0.15) is 41.4 Å². The lowest BCUT2D eigenvalue weighted by Crippen LogP contribution is -2.35. The Bertz CT molecular complexity index is 914. The first-order chi connectivity index (χ1) is 11.4. The van der Waals surface area contributed by atoms with Gasteiger partial charge < -0.3 is 10.3 Å². The monoisotopic (exact) mass is 346 g/mol. The summed E-state index contributed by atoms with van der Waals surface area (Å²) >= 11 is 0. The highest BCUT2D eigenvalue weighted by Gasteiger charge is 2.30. The zero-order chi connectivity index (χ0) is 16.9. The van der Waals surface area contributed by atoms with Gasteiger partial charge in [0.1, 0.15) is 0 Å². The molecule has 1 aliphatic carbocycles. The third-order valence-electron chi connectivity index (χ3n) is 5.28. The van der Waals surface area contributed by atoms with E-state index in [1.54, 1.807) is 0 Å². The van der Waals surface area contributed by atoms with Crippen LogP contribution in [0.15, 0.2) is 18.2 Å². The lowest BCUT2D eigenvalue weighted by atomic mass is 9.87. The van der Waals surface area contributed by atoms with Crippen LogP contribution >= 0.6 is 0 Å². The first kappa shape index (κ1) is 15.7. The van der Waals surface area contributed by atoms with Crippen molar-refractivity contribution in [2.24, 2.45) is 5.92 Å². The Hall–Kier alpha value is -1.82. The van der Waals surface area contributed by atoms with Gasteiger partial charge in [0, 0.05) is 17.1 Å². The summed E-state index contributed by atoms with van der Waals surface area (Å²) in [5.41, 5.74) is 4.07. The van der Waals surface area contributed by atoms with Gasteiger partial charge >= 0.3 is 0 Å². The lowest BCUT2D eigenvalue weighted by Gasteiger charge is -2.17. The minimum atomic E-state index is -3.00. The summed E-state index contributed by atoms with van der Waals surface area (Å²) in [6.07, 6.45) is 3.73. The van der Waals surface area contributed by atoms with Gasteiger partial charge in [-0.3, -0.25) is 4.79 Å². The van der Waals surface area contributed by atoms with Crippen molar-refractivity contribution in [1.29, 1.82) is 0 Å². The molecule has 1 aromatic carbocycles. The summed E-state index contributed by atoms with van der Waals surface area (Å²) in [4.78, 5) is 16.1. The average Bonchev–Trinajstić information content (AvgIpc) is 3.06. The van der Waals surface area contributed by atoms with Crippen LogP contribution in [0.3, 0.4) is 0 Å². The van der Waals surface area contributed by atoms with Gasteiger partial charge in [0.2, 0.25) is 0 Å². The van der Waals surface area contributed by atoms with E-state index in [0.29, 0.717) is 17.9 Å². The van der Waals surface area contributed by atoms with Crippen molar-refractivity contribution in [2.45, 2.75) is 38.6 Å². The molecule has 2 aliphatic rings. The SMILES string of the molecule is C[C@H]1CCc2[nH]c3c(C(=O)N[C@H]4CCS(=O)(=O)C4)cccc3c2C1. The first-order valence-electron chi connectivity index (χ1n) is 8.56. The normalized spacial score (nSPS) is 25.5. The zero-order valence-electron chi connectivity index (χ0n) is 13.8. The van der Waals surface area contributed by atoms with E-state index in [0.717, 1.165) is 23.7 Å². The second-order valence-corrected chi connectivity index (χ2v) is 9.46. The van der Waals surface area contributed by atoms with Crippen LogP contribution in [0.2, 0.25) is 0 Å². The van der Waals surface area contributed by atoms with E-state index in [-0.39, 0.29) is 23.5 Å². The highest BCUT2D eigenvalue weighted by molar-refractivity contribution is 7.91. The van der Waals surface area contributed by atoms with E-state index >= 15 is 0 Å². The molecule has 2 aromatic rings. The highest BCUT2D eigenvalue weighted by Crippen LogP contribution is 2.33. The van der Waals surface area contributed by atoms with Crippen molar-refractivity contribution in [3.05, 3.63) is 35.0 Å². The molecule has 0 spiro atoms. The number of fused-ring (bicyclic) bond motifs is 3. The fourth-order valence-electron chi connectivity index (χ4n) is 3.98. The molecule has 0 saturated carbocycles. The first-order valence-corrected chi connectivity index (χ1v) is 10.4. The fourth-order valence-corrected chi connectivity index (χ4v) is 5.65. The molecule has 1 fully saturated rings. The fraction of sp³-hybridized carbons (Fsp3) is 0.500. The molecule has 0 bridgehead atoms. The number of nitrogens with one attached hydrogen (secondary N) is 2. The molecule has 5 nitrogen and oxygen atoms in total. The number of sulfone groups is 1. The van der Waals surface area contributed by atoms with Gasteiger partial charge in [-0.15, -0.1) is 0 Å². The summed E-state index contributed by atoms with van der Waals surface area (Å²) in [6, 6.07) is 5.52. The number of aromatic amines is 1. The van der Waals surface area contributed by atoms with E-state index in [2.05, 4.69) is 23.3 Å². The van der Waals surface area contributed by atoms with Gasteiger partial charge in [0.25, 0.3) is 5.91 Å². The summed E-state index contributed by atoms with van der Waals surface area (Å²) in [5, 5.41) is 4.02. The van der Waals surface area contributed by atoms with Crippen molar-refractivity contribution < 1.29 is 13.2 Å². The number of carbonyl (C=O) groups is 1. The molecular formula is C18H22N2O3S. The van der Waals surface area contributed by atoms with E-state index in [1.807, 2.05) is 12.1 Å². The van der Waals surface area contributed by atoms with Gasteiger partial charge in [-0.05, 0) is 43.2 Å². The Labute approximate surface area is 141 Å². The Morgan fingerprint density at radius 2 is 2.12 bits per heavy atom. The third-order valence-corrected chi connectivity index (χ3v) is 7.05.